The summed E-state index contributed by atoms with van der Waals surface area (Å²) >= 11 is 0. The third-order valence-corrected chi connectivity index (χ3v) is 8.46. The maximum atomic E-state index is 15.8. The van der Waals surface area contributed by atoms with Crippen molar-refractivity contribution in [3.63, 3.8) is 0 Å². The average molecular weight is 585 g/mol. The molecule has 13 heteroatoms. The smallest absolute Gasteiger partial charge is 0.232 e. The SMILES string of the molecule is CCCS(=O)(=O)Nc1ccc(F)c(-n2cc(-c3cncc(OC)c3)c3nc(N4CCN(C(C)=O)CC4)ccc32)c1F. The number of amides is 1. The van der Waals surface area contributed by atoms with Gasteiger partial charge >= 0.3 is 0 Å². The number of halogens is 2. The Bertz CT molecular complexity index is 1720. The molecule has 0 bridgehead atoms. The van der Waals surface area contributed by atoms with Crippen LogP contribution in [0.3, 0.4) is 0 Å². The molecule has 1 N–H and O–H groups in total. The molecule has 1 amide bonds. The summed E-state index contributed by atoms with van der Waals surface area (Å²) in [5, 5.41) is 0. The number of sulfonamides is 1. The number of hydrogen-bond acceptors (Lipinski definition) is 7. The molecule has 1 aliphatic rings. The van der Waals surface area contributed by atoms with E-state index in [2.05, 4.69) is 9.71 Å². The molecule has 41 heavy (non-hydrogen) atoms. The normalized spacial score (nSPS) is 14.0. The van der Waals surface area contributed by atoms with Crippen LogP contribution in [0.1, 0.15) is 20.3 Å². The molecule has 3 aromatic heterocycles. The first-order valence-corrected chi connectivity index (χ1v) is 14.8. The fourth-order valence-electron chi connectivity index (χ4n) is 4.92. The van der Waals surface area contributed by atoms with E-state index in [-0.39, 0.29) is 17.3 Å². The van der Waals surface area contributed by atoms with Gasteiger partial charge in [-0.25, -0.2) is 22.2 Å². The highest BCUT2D eigenvalue weighted by atomic mass is 32.2. The molecule has 10 nitrogen and oxygen atoms in total. The zero-order valence-corrected chi connectivity index (χ0v) is 23.7. The Hall–Kier alpha value is -4.26. The molecule has 1 fully saturated rings. The number of carbonyl (C=O) groups is 1. The van der Waals surface area contributed by atoms with Gasteiger partial charge in [0.2, 0.25) is 15.9 Å². The summed E-state index contributed by atoms with van der Waals surface area (Å²) in [7, 11) is -2.31. The van der Waals surface area contributed by atoms with Gasteiger partial charge in [-0.1, -0.05) is 6.92 Å². The number of rotatable bonds is 8. The summed E-state index contributed by atoms with van der Waals surface area (Å²) in [4.78, 5) is 24.7. The molecular weight excluding hydrogens is 554 g/mol. The van der Waals surface area contributed by atoms with Crippen molar-refractivity contribution in [3.8, 4) is 22.6 Å². The van der Waals surface area contributed by atoms with Crippen molar-refractivity contribution in [2.45, 2.75) is 20.3 Å². The number of nitrogens with one attached hydrogen (secondary N) is 1. The lowest BCUT2D eigenvalue weighted by molar-refractivity contribution is -0.129. The number of piperazine rings is 1. The third-order valence-electron chi connectivity index (χ3n) is 6.99. The van der Waals surface area contributed by atoms with Crippen molar-refractivity contribution in [2.24, 2.45) is 0 Å². The van der Waals surface area contributed by atoms with Gasteiger partial charge < -0.3 is 19.1 Å². The molecule has 4 heterocycles. The molecule has 1 aliphatic heterocycles. The van der Waals surface area contributed by atoms with Crippen LogP contribution in [0.4, 0.5) is 20.3 Å². The maximum Gasteiger partial charge on any atom is 0.232 e. The molecule has 216 valence electrons. The summed E-state index contributed by atoms with van der Waals surface area (Å²) < 4.78 is 64.7. The Kier molecular flexibility index (Phi) is 7.80. The molecular formula is C28H30F2N6O4S. The van der Waals surface area contributed by atoms with E-state index in [9.17, 15) is 13.2 Å². The zero-order chi connectivity index (χ0) is 29.3. The molecule has 4 aromatic rings. The van der Waals surface area contributed by atoms with Crippen molar-refractivity contribution >= 4 is 38.5 Å². The molecule has 0 unspecified atom stereocenters. The Morgan fingerprint density at radius 1 is 1.10 bits per heavy atom. The number of benzene rings is 1. The quantitative estimate of drug-likeness (QED) is 0.331. The Balaban J connectivity index is 1.66. The molecule has 0 aliphatic carbocycles. The van der Waals surface area contributed by atoms with E-state index in [0.29, 0.717) is 66.3 Å². The van der Waals surface area contributed by atoms with Gasteiger partial charge in [0.1, 0.15) is 23.1 Å². The van der Waals surface area contributed by atoms with Gasteiger partial charge in [0.05, 0.1) is 35.8 Å². The molecule has 1 aromatic carbocycles. The lowest BCUT2D eigenvalue weighted by Gasteiger charge is -2.35. The third kappa shape index (κ3) is 5.67. The van der Waals surface area contributed by atoms with Crippen LogP contribution in [-0.4, -0.2) is 72.8 Å². The highest BCUT2D eigenvalue weighted by Gasteiger charge is 2.25. The van der Waals surface area contributed by atoms with Gasteiger partial charge in [-0.2, -0.15) is 0 Å². The largest absolute Gasteiger partial charge is 0.495 e. The van der Waals surface area contributed by atoms with Crippen molar-refractivity contribution in [3.05, 3.63) is 60.6 Å². The number of methoxy groups -OCH3 is 1. The number of ether oxygens (including phenoxy) is 1. The fraction of sp³-hybridized carbons (Fsp3) is 0.321. The van der Waals surface area contributed by atoms with Gasteiger partial charge in [0, 0.05) is 56.6 Å². The Labute approximate surface area is 236 Å². The summed E-state index contributed by atoms with van der Waals surface area (Å²) in [5.74, 6) is -0.978. The number of hydrogen-bond donors (Lipinski definition) is 1. The van der Waals surface area contributed by atoms with Crippen molar-refractivity contribution in [1.82, 2.24) is 19.4 Å². The minimum atomic E-state index is -3.82. The average Bonchev–Trinajstić information content (AvgIpc) is 3.33. The standard InChI is InChI=1S/C28H30F2N6O4S/c1-4-13-41(38,39)33-23-6-5-22(29)28(26(23)30)36-17-21(19-14-20(40-3)16-31-15-19)27-24(36)7-8-25(32-27)35-11-9-34(10-12-35)18(2)37/h5-8,14-17,33H,4,9-13H2,1-3H3. The molecule has 0 saturated carbocycles. The molecule has 0 spiro atoms. The number of aromatic nitrogens is 3. The lowest BCUT2D eigenvalue weighted by Crippen LogP contribution is -2.48. The Morgan fingerprint density at radius 2 is 1.85 bits per heavy atom. The van der Waals surface area contributed by atoms with Crippen LogP contribution in [-0.2, 0) is 14.8 Å². The Morgan fingerprint density at radius 3 is 2.54 bits per heavy atom. The molecule has 1 saturated heterocycles. The van der Waals surface area contributed by atoms with Crippen LogP contribution in [0.15, 0.2) is 48.9 Å². The van der Waals surface area contributed by atoms with Gasteiger partial charge in [0.25, 0.3) is 0 Å². The predicted octanol–water partition coefficient (Wildman–Crippen LogP) is 4.19. The van der Waals surface area contributed by atoms with Crippen LogP contribution in [0, 0.1) is 11.6 Å². The first-order chi connectivity index (χ1) is 19.6. The number of anilines is 2. The second-order valence-corrected chi connectivity index (χ2v) is 11.6. The molecule has 0 atom stereocenters. The number of carbonyl (C=O) groups excluding carboxylic acids is 1. The van der Waals surface area contributed by atoms with E-state index >= 15 is 8.78 Å². The second-order valence-electron chi connectivity index (χ2n) is 9.73. The van der Waals surface area contributed by atoms with Crippen molar-refractivity contribution < 1.29 is 26.7 Å². The highest BCUT2D eigenvalue weighted by Crippen LogP contribution is 2.36. The monoisotopic (exact) mass is 584 g/mol. The first-order valence-electron chi connectivity index (χ1n) is 13.1. The fourth-order valence-corrected chi connectivity index (χ4v) is 6.05. The van der Waals surface area contributed by atoms with Gasteiger partial charge in [-0.15, -0.1) is 0 Å². The summed E-state index contributed by atoms with van der Waals surface area (Å²) in [6, 6.07) is 7.32. The van der Waals surface area contributed by atoms with E-state index in [1.54, 1.807) is 55.5 Å². The van der Waals surface area contributed by atoms with E-state index in [4.69, 9.17) is 9.72 Å². The second kappa shape index (κ2) is 11.3. The van der Waals surface area contributed by atoms with Crippen LogP contribution < -0.4 is 14.4 Å². The van der Waals surface area contributed by atoms with Crippen LogP contribution in [0.2, 0.25) is 0 Å². The number of nitrogens with zero attached hydrogens (tertiary/aromatic N) is 5. The topological polar surface area (TPSA) is 110 Å². The van der Waals surface area contributed by atoms with E-state index < -0.39 is 27.3 Å². The van der Waals surface area contributed by atoms with E-state index in [1.165, 1.54) is 11.7 Å². The van der Waals surface area contributed by atoms with Crippen LogP contribution in [0.25, 0.3) is 27.8 Å². The minimum Gasteiger partial charge on any atom is -0.495 e. The minimum absolute atomic E-state index is 0.0150. The maximum absolute atomic E-state index is 15.8. The predicted molar refractivity (Wildman–Crippen MR) is 153 cm³/mol. The van der Waals surface area contributed by atoms with E-state index in [0.717, 1.165) is 12.1 Å². The molecule has 5 rings (SSSR count). The van der Waals surface area contributed by atoms with Gasteiger partial charge in [-0.05, 0) is 36.8 Å². The lowest BCUT2D eigenvalue weighted by atomic mass is 10.1. The summed E-state index contributed by atoms with van der Waals surface area (Å²) in [5.41, 5.74) is 1.22. The zero-order valence-electron chi connectivity index (χ0n) is 22.9. The highest BCUT2D eigenvalue weighted by molar-refractivity contribution is 7.92. The van der Waals surface area contributed by atoms with Gasteiger partial charge in [-0.3, -0.25) is 14.5 Å². The summed E-state index contributed by atoms with van der Waals surface area (Å²) in [6.07, 6.45) is 5.03. The van der Waals surface area contributed by atoms with Crippen LogP contribution in [0.5, 0.6) is 5.75 Å². The van der Waals surface area contributed by atoms with Crippen LogP contribution >= 0.6 is 0 Å². The first kappa shape index (κ1) is 28.3. The van der Waals surface area contributed by atoms with Gasteiger partial charge in [0.15, 0.2) is 5.82 Å². The van der Waals surface area contributed by atoms with E-state index in [1.807, 2.05) is 4.90 Å². The molecule has 0 radical (unpaired) electrons. The number of pyridine rings is 2. The summed E-state index contributed by atoms with van der Waals surface area (Å²) in [6.45, 7) is 5.51. The number of fused-ring (bicyclic) bond motifs is 1. The van der Waals surface area contributed by atoms with Crippen molar-refractivity contribution in [1.29, 1.82) is 0 Å². The van der Waals surface area contributed by atoms with Crippen molar-refractivity contribution in [2.75, 3.05) is 48.7 Å².